The van der Waals surface area contributed by atoms with Crippen molar-refractivity contribution in [1.29, 1.82) is 0 Å². The van der Waals surface area contributed by atoms with Crippen molar-refractivity contribution in [3.63, 3.8) is 0 Å². The third kappa shape index (κ3) is 2.52. The molecule has 0 aliphatic heterocycles. The van der Waals surface area contributed by atoms with Gasteiger partial charge in [0.2, 0.25) is 5.95 Å². The summed E-state index contributed by atoms with van der Waals surface area (Å²) in [5.74, 6) is 1.16. The zero-order valence-electron chi connectivity index (χ0n) is 9.73. The van der Waals surface area contributed by atoms with Crippen molar-refractivity contribution in [3.05, 3.63) is 28.3 Å². The number of nitrogens with one attached hydrogen (secondary N) is 2. The number of rotatable bonds is 4. The Kier molecular flexibility index (Phi) is 2.95. The normalized spacial score (nSPS) is 11.0. The van der Waals surface area contributed by atoms with Gasteiger partial charge in [0.05, 0.1) is 16.0 Å². The molecule has 0 amide bonds. The standard InChI is InChI=1S/C11H14N4O2/c1-7(2)6-12-11-13-9-4-3-8(15(16)17)5-10(9)14-11/h3-5,7H,6H2,1-2H3,(H2,12,13,14). The average Bonchev–Trinajstić information content (AvgIpc) is 2.67. The third-order valence-electron chi connectivity index (χ3n) is 2.35. The van der Waals surface area contributed by atoms with Crippen molar-refractivity contribution in [3.8, 4) is 0 Å². The fourth-order valence-electron chi connectivity index (χ4n) is 1.50. The van der Waals surface area contributed by atoms with E-state index < -0.39 is 4.92 Å². The van der Waals surface area contributed by atoms with Crippen molar-refractivity contribution in [1.82, 2.24) is 9.97 Å². The van der Waals surface area contributed by atoms with Gasteiger partial charge in [-0.05, 0) is 12.0 Å². The number of benzene rings is 1. The molecule has 0 spiro atoms. The van der Waals surface area contributed by atoms with E-state index in [2.05, 4.69) is 29.1 Å². The molecule has 1 aromatic heterocycles. The molecule has 2 rings (SSSR count). The monoisotopic (exact) mass is 234 g/mol. The van der Waals surface area contributed by atoms with Crippen LogP contribution < -0.4 is 5.32 Å². The lowest BCUT2D eigenvalue weighted by Crippen LogP contribution is -2.08. The first kappa shape index (κ1) is 11.4. The molecule has 0 saturated carbocycles. The van der Waals surface area contributed by atoms with Gasteiger partial charge in [-0.15, -0.1) is 0 Å². The predicted octanol–water partition coefficient (Wildman–Crippen LogP) is 2.54. The van der Waals surface area contributed by atoms with Crippen molar-refractivity contribution >= 4 is 22.7 Å². The molecule has 6 heteroatoms. The molecule has 0 atom stereocenters. The Bertz CT molecular complexity index is 547. The van der Waals surface area contributed by atoms with Gasteiger partial charge in [0.1, 0.15) is 0 Å². The van der Waals surface area contributed by atoms with Crippen LogP contribution in [0.25, 0.3) is 11.0 Å². The van der Waals surface area contributed by atoms with E-state index in [4.69, 9.17) is 0 Å². The molecular weight excluding hydrogens is 220 g/mol. The highest BCUT2D eigenvalue weighted by Gasteiger charge is 2.09. The second-order valence-electron chi connectivity index (χ2n) is 4.32. The predicted molar refractivity (Wildman–Crippen MR) is 66.1 cm³/mol. The first-order chi connectivity index (χ1) is 8.06. The fourth-order valence-corrected chi connectivity index (χ4v) is 1.50. The van der Waals surface area contributed by atoms with Crippen LogP contribution in [0.3, 0.4) is 0 Å². The Balaban J connectivity index is 2.27. The number of nitro groups is 1. The molecule has 0 radical (unpaired) electrons. The number of aromatic amines is 1. The van der Waals surface area contributed by atoms with Gasteiger partial charge in [-0.1, -0.05) is 13.8 Å². The second kappa shape index (κ2) is 4.40. The Morgan fingerprint density at radius 2 is 2.29 bits per heavy atom. The van der Waals surface area contributed by atoms with Crippen LogP contribution in [0, 0.1) is 16.0 Å². The summed E-state index contributed by atoms with van der Waals surface area (Å²) in [7, 11) is 0. The van der Waals surface area contributed by atoms with Gasteiger partial charge in [0.15, 0.2) is 0 Å². The first-order valence-corrected chi connectivity index (χ1v) is 5.44. The van der Waals surface area contributed by atoms with E-state index in [0.29, 0.717) is 17.4 Å². The number of aromatic nitrogens is 2. The summed E-state index contributed by atoms with van der Waals surface area (Å²) >= 11 is 0. The van der Waals surface area contributed by atoms with Gasteiger partial charge in [-0.3, -0.25) is 10.1 Å². The summed E-state index contributed by atoms with van der Waals surface area (Å²) in [6.07, 6.45) is 0. The highest BCUT2D eigenvalue weighted by molar-refractivity contribution is 5.79. The molecule has 2 N–H and O–H groups in total. The van der Waals surface area contributed by atoms with E-state index in [1.54, 1.807) is 6.07 Å². The van der Waals surface area contributed by atoms with Gasteiger partial charge >= 0.3 is 0 Å². The number of H-pyrrole nitrogens is 1. The number of anilines is 1. The van der Waals surface area contributed by atoms with E-state index in [9.17, 15) is 10.1 Å². The topological polar surface area (TPSA) is 83.8 Å². The van der Waals surface area contributed by atoms with E-state index in [-0.39, 0.29) is 5.69 Å². The van der Waals surface area contributed by atoms with E-state index in [0.717, 1.165) is 12.1 Å². The van der Waals surface area contributed by atoms with Crippen LogP contribution in [0.1, 0.15) is 13.8 Å². The molecule has 1 heterocycles. The fraction of sp³-hybridized carbons (Fsp3) is 0.364. The van der Waals surface area contributed by atoms with E-state index in [1.807, 2.05) is 0 Å². The maximum atomic E-state index is 10.6. The molecule has 0 unspecified atom stereocenters. The molecule has 6 nitrogen and oxygen atoms in total. The van der Waals surface area contributed by atoms with Crippen LogP contribution in [0.4, 0.5) is 11.6 Å². The summed E-state index contributed by atoms with van der Waals surface area (Å²) in [5.41, 5.74) is 1.46. The van der Waals surface area contributed by atoms with E-state index in [1.165, 1.54) is 12.1 Å². The Labute approximate surface area is 98.2 Å². The highest BCUT2D eigenvalue weighted by Crippen LogP contribution is 2.20. The molecule has 1 aromatic carbocycles. The SMILES string of the molecule is CC(C)CNc1nc2ccc([N+](=O)[O-])cc2[nH]1. The summed E-state index contributed by atoms with van der Waals surface area (Å²) in [6.45, 7) is 5.00. The zero-order valence-corrected chi connectivity index (χ0v) is 9.73. The van der Waals surface area contributed by atoms with Gasteiger partial charge in [-0.2, -0.15) is 0 Å². The largest absolute Gasteiger partial charge is 0.356 e. The maximum absolute atomic E-state index is 10.6. The number of fused-ring (bicyclic) bond motifs is 1. The number of nitrogens with zero attached hydrogens (tertiary/aromatic N) is 2. The van der Waals surface area contributed by atoms with Gasteiger partial charge in [0.25, 0.3) is 5.69 Å². The molecule has 90 valence electrons. The minimum atomic E-state index is -0.415. The molecule has 0 saturated heterocycles. The number of non-ortho nitro benzene ring substituents is 1. The minimum absolute atomic E-state index is 0.0663. The Hall–Kier alpha value is -2.11. The Morgan fingerprint density at radius 3 is 2.94 bits per heavy atom. The molecule has 0 aliphatic rings. The van der Waals surface area contributed by atoms with Gasteiger partial charge in [-0.25, -0.2) is 4.98 Å². The van der Waals surface area contributed by atoms with Gasteiger partial charge < -0.3 is 10.3 Å². The second-order valence-corrected chi connectivity index (χ2v) is 4.32. The summed E-state index contributed by atoms with van der Waals surface area (Å²) in [5, 5.41) is 13.8. The molecule has 0 fully saturated rings. The molecule has 2 aromatic rings. The smallest absolute Gasteiger partial charge is 0.271 e. The minimum Gasteiger partial charge on any atom is -0.356 e. The van der Waals surface area contributed by atoms with Crippen molar-refractivity contribution in [2.75, 3.05) is 11.9 Å². The maximum Gasteiger partial charge on any atom is 0.271 e. The lowest BCUT2D eigenvalue weighted by Gasteiger charge is -2.04. The number of nitro benzene ring substituents is 1. The van der Waals surface area contributed by atoms with E-state index >= 15 is 0 Å². The quantitative estimate of drug-likeness (QED) is 0.629. The van der Waals surface area contributed by atoms with Crippen LogP contribution in [-0.2, 0) is 0 Å². The third-order valence-corrected chi connectivity index (χ3v) is 2.35. The van der Waals surface area contributed by atoms with Crippen molar-refractivity contribution in [2.45, 2.75) is 13.8 Å². The average molecular weight is 234 g/mol. The van der Waals surface area contributed by atoms with Gasteiger partial charge in [0, 0.05) is 18.7 Å². The number of imidazole rings is 1. The van der Waals surface area contributed by atoms with Crippen LogP contribution in [0.15, 0.2) is 18.2 Å². The summed E-state index contributed by atoms with van der Waals surface area (Å²) < 4.78 is 0. The summed E-state index contributed by atoms with van der Waals surface area (Å²) in [6, 6.07) is 4.59. The first-order valence-electron chi connectivity index (χ1n) is 5.44. The van der Waals surface area contributed by atoms with Crippen LogP contribution in [0.2, 0.25) is 0 Å². The molecular formula is C11H14N4O2. The number of hydrogen-bond donors (Lipinski definition) is 2. The molecule has 0 bridgehead atoms. The molecule has 17 heavy (non-hydrogen) atoms. The molecule has 0 aliphatic carbocycles. The lowest BCUT2D eigenvalue weighted by atomic mass is 10.2. The van der Waals surface area contributed by atoms with Crippen LogP contribution in [-0.4, -0.2) is 21.4 Å². The van der Waals surface area contributed by atoms with Crippen LogP contribution >= 0.6 is 0 Å². The summed E-state index contributed by atoms with van der Waals surface area (Å²) in [4.78, 5) is 17.5. The van der Waals surface area contributed by atoms with Crippen molar-refractivity contribution < 1.29 is 4.92 Å². The highest BCUT2D eigenvalue weighted by atomic mass is 16.6. The zero-order chi connectivity index (χ0) is 12.4. The lowest BCUT2D eigenvalue weighted by molar-refractivity contribution is -0.384. The Morgan fingerprint density at radius 1 is 1.53 bits per heavy atom. The van der Waals surface area contributed by atoms with Crippen LogP contribution in [0.5, 0.6) is 0 Å². The van der Waals surface area contributed by atoms with Crippen molar-refractivity contribution in [2.24, 2.45) is 5.92 Å². The number of hydrogen-bond acceptors (Lipinski definition) is 4.